The maximum Gasteiger partial charge on any atom is 0.328 e. The lowest BCUT2D eigenvalue weighted by molar-refractivity contribution is -0.386. The van der Waals surface area contributed by atoms with Crippen LogP contribution in [0.3, 0.4) is 0 Å². The summed E-state index contributed by atoms with van der Waals surface area (Å²) in [6.45, 7) is 6.47. The van der Waals surface area contributed by atoms with E-state index in [1.165, 1.54) is 24.1 Å². The number of rotatable bonds is 8. The van der Waals surface area contributed by atoms with Crippen LogP contribution in [0.1, 0.15) is 43.1 Å². The van der Waals surface area contributed by atoms with Crippen molar-refractivity contribution in [2.24, 2.45) is 0 Å². The first kappa shape index (κ1) is 21.1. The van der Waals surface area contributed by atoms with Gasteiger partial charge >= 0.3 is 11.7 Å². The summed E-state index contributed by atoms with van der Waals surface area (Å²) in [4.78, 5) is 34.3. The highest BCUT2D eigenvalue weighted by atomic mass is 16.6. The summed E-state index contributed by atoms with van der Waals surface area (Å²) in [5.41, 5.74) is 2.14. The van der Waals surface area contributed by atoms with Gasteiger partial charge in [0.25, 0.3) is 5.91 Å². The van der Waals surface area contributed by atoms with Crippen molar-refractivity contribution in [2.45, 2.75) is 46.6 Å². The average Bonchev–Trinajstić information content (AvgIpc) is 2.93. The van der Waals surface area contributed by atoms with Gasteiger partial charge in [-0.15, -0.1) is 0 Å². The van der Waals surface area contributed by atoms with Crippen LogP contribution in [-0.4, -0.2) is 33.2 Å². The number of benzene rings is 1. The summed E-state index contributed by atoms with van der Waals surface area (Å²) in [5, 5.41) is 17.6. The van der Waals surface area contributed by atoms with Crippen LogP contribution in [0.25, 0.3) is 0 Å². The zero-order valence-corrected chi connectivity index (χ0v) is 16.4. The molecule has 1 atom stereocenters. The number of hydrogen-bond acceptors (Lipinski definition) is 6. The predicted molar refractivity (Wildman–Crippen MR) is 103 cm³/mol. The first-order valence-electron chi connectivity index (χ1n) is 8.96. The van der Waals surface area contributed by atoms with Gasteiger partial charge in [0, 0.05) is 5.69 Å². The molecule has 1 N–H and O–H groups in total. The van der Waals surface area contributed by atoms with Gasteiger partial charge in [0.05, 0.1) is 4.92 Å². The normalized spacial score (nSPS) is 11.7. The fourth-order valence-electron chi connectivity index (χ4n) is 2.75. The SMILES string of the molecule is CC[C@H](C)c1ccc(NC(=O)COC(=O)Cn2nc(C)c([N+](=O)[O-])c2C)cc1. The Morgan fingerprint density at radius 2 is 1.93 bits per heavy atom. The number of nitrogens with zero attached hydrogens (tertiary/aromatic N) is 3. The van der Waals surface area contributed by atoms with Gasteiger partial charge < -0.3 is 10.1 Å². The van der Waals surface area contributed by atoms with Crippen LogP contribution in [0.4, 0.5) is 11.4 Å². The van der Waals surface area contributed by atoms with Crippen LogP contribution < -0.4 is 5.32 Å². The zero-order valence-electron chi connectivity index (χ0n) is 16.4. The van der Waals surface area contributed by atoms with E-state index in [0.29, 0.717) is 11.6 Å². The van der Waals surface area contributed by atoms with Crippen molar-refractivity contribution >= 4 is 23.3 Å². The molecule has 0 fully saturated rings. The van der Waals surface area contributed by atoms with Crippen LogP contribution in [0.2, 0.25) is 0 Å². The molecule has 0 aliphatic heterocycles. The van der Waals surface area contributed by atoms with Crippen molar-refractivity contribution in [2.75, 3.05) is 11.9 Å². The third kappa shape index (κ3) is 5.15. The molecule has 0 radical (unpaired) electrons. The minimum absolute atomic E-state index is 0.133. The lowest BCUT2D eigenvalue weighted by Gasteiger charge is -2.11. The Labute approximate surface area is 162 Å². The maximum absolute atomic E-state index is 12.0. The molecule has 1 heterocycles. The van der Waals surface area contributed by atoms with Gasteiger partial charge in [-0.3, -0.25) is 24.4 Å². The van der Waals surface area contributed by atoms with E-state index in [0.717, 1.165) is 6.42 Å². The zero-order chi connectivity index (χ0) is 20.8. The van der Waals surface area contributed by atoms with Crippen LogP contribution in [-0.2, 0) is 20.9 Å². The molecule has 0 bridgehead atoms. The van der Waals surface area contributed by atoms with Gasteiger partial charge in [0.15, 0.2) is 6.61 Å². The fourth-order valence-corrected chi connectivity index (χ4v) is 2.75. The van der Waals surface area contributed by atoms with E-state index < -0.39 is 23.4 Å². The standard InChI is InChI=1S/C19H24N4O5/c1-5-12(2)15-6-8-16(9-7-15)20-17(24)11-28-18(25)10-22-14(4)19(23(26)27)13(3)21-22/h6-9,12H,5,10-11H2,1-4H3,(H,20,24)/t12-/m0/s1. The maximum atomic E-state index is 12.0. The molecule has 2 rings (SSSR count). The average molecular weight is 388 g/mol. The molecule has 0 aliphatic rings. The molecule has 0 saturated heterocycles. The minimum Gasteiger partial charge on any atom is -0.454 e. The number of amides is 1. The number of aromatic nitrogens is 2. The summed E-state index contributed by atoms with van der Waals surface area (Å²) >= 11 is 0. The molecule has 0 saturated carbocycles. The first-order valence-corrected chi connectivity index (χ1v) is 8.96. The quantitative estimate of drug-likeness (QED) is 0.422. The van der Waals surface area contributed by atoms with Gasteiger partial charge in [-0.1, -0.05) is 26.0 Å². The van der Waals surface area contributed by atoms with Crippen LogP contribution >= 0.6 is 0 Å². The third-order valence-electron chi connectivity index (χ3n) is 4.54. The number of nitro groups is 1. The van der Waals surface area contributed by atoms with Crippen molar-refractivity contribution in [3.63, 3.8) is 0 Å². The molecule has 0 unspecified atom stereocenters. The van der Waals surface area contributed by atoms with Crippen LogP contribution in [0, 0.1) is 24.0 Å². The second-order valence-corrected chi connectivity index (χ2v) is 6.57. The summed E-state index contributed by atoms with van der Waals surface area (Å²) in [7, 11) is 0. The van der Waals surface area contributed by atoms with Crippen molar-refractivity contribution in [3.8, 4) is 0 Å². The molecule has 150 valence electrons. The number of ether oxygens (including phenoxy) is 1. The molecule has 1 aromatic heterocycles. The Kier molecular flexibility index (Phi) is 6.86. The predicted octanol–water partition coefficient (Wildman–Crippen LogP) is 3.10. The highest BCUT2D eigenvalue weighted by Crippen LogP contribution is 2.22. The third-order valence-corrected chi connectivity index (χ3v) is 4.54. The van der Waals surface area contributed by atoms with Crippen LogP contribution in [0.15, 0.2) is 24.3 Å². The van der Waals surface area contributed by atoms with Crippen molar-refractivity contribution in [3.05, 3.63) is 51.3 Å². The number of carbonyl (C=O) groups is 2. The van der Waals surface area contributed by atoms with Gasteiger partial charge in [-0.2, -0.15) is 5.10 Å². The lowest BCUT2D eigenvalue weighted by Crippen LogP contribution is -2.23. The minimum atomic E-state index is -0.706. The Morgan fingerprint density at radius 3 is 2.46 bits per heavy atom. The highest BCUT2D eigenvalue weighted by Gasteiger charge is 2.23. The number of esters is 1. The largest absolute Gasteiger partial charge is 0.454 e. The summed E-state index contributed by atoms with van der Waals surface area (Å²) in [5.74, 6) is -0.734. The number of aryl methyl sites for hydroxylation is 1. The van der Waals surface area contributed by atoms with Crippen molar-refractivity contribution in [1.29, 1.82) is 0 Å². The van der Waals surface area contributed by atoms with E-state index in [-0.39, 0.29) is 23.6 Å². The van der Waals surface area contributed by atoms with E-state index >= 15 is 0 Å². The van der Waals surface area contributed by atoms with Gasteiger partial charge in [-0.25, -0.2) is 0 Å². The molecule has 9 nitrogen and oxygen atoms in total. The summed E-state index contributed by atoms with van der Waals surface area (Å²) in [6, 6.07) is 7.50. The van der Waals surface area contributed by atoms with Gasteiger partial charge in [-0.05, 0) is 43.9 Å². The molecule has 0 spiro atoms. The van der Waals surface area contributed by atoms with E-state index in [1.807, 2.05) is 12.1 Å². The van der Waals surface area contributed by atoms with E-state index in [1.54, 1.807) is 12.1 Å². The van der Waals surface area contributed by atoms with Crippen molar-refractivity contribution in [1.82, 2.24) is 9.78 Å². The van der Waals surface area contributed by atoms with E-state index in [9.17, 15) is 19.7 Å². The van der Waals surface area contributed by atoms with Crippen molar-refractivity contribution < 1.29 is 19.2 Å². The molecular formula is C19H24N4O5. The Balaban J connectivity index is 1.87. The monoisotopic (exact) mass is 388 g/mol. The van der Waals surface area contributed by atoms with E-state index in [4.69, 9.17) is 4.74 Å². The molecule has 9 heteroatoms. The Bertz CT molecular complexity index is 873. The molecule has 1 amide bonds. The summed E-state index contributed by atoms with van der Waals surface area (Å²) in [6.07, 6.45) is 1.03. The number of carbonyl (C=O) groups excluding carboxylic acids is 2. The Morgan fingerprint density at radius 1 is 1.29 bits per heavy atom. The Hall–Kier alpha value is -3.23. The topological polar surface area (TPSA) is 116 Å². The molecule has 1 aromatic carbocycles. The van der Waals surface area contributed by atoms with Crippen LogP contribution in [0.5, 0.6) is 0 Å². The number of nitrogens with one attached hydrogen (secondary N) is 1. The second-order valence-electron chi connectivity index (χ2n) is 6.57. The first-order chi connectivity index (χ1) is 13.2. The fraction of sp³-hybridized carbons (Fsp3) is 0.421. The highest BCUT2D eigenvalue weighted by molar-refractivity contribution is 5.92. The second kappa shape index (κ2) is 9.12. The van der Waals surface area contributed by atoms with E-state index in [2.05, 4.69) is 24.3 Å². The molecule has 2 aromatic rings. The van der Waals surface area contributed by atoms with Gasteiger partial charge in [0.1, 0.15) is 17.9 Å². The summed E-state index contributed by atoms with van der Waals surface area (Å²) < 4.78 is 6.14. The molecular weight excluding hydrogens is 364 g/mol. The molecule has 0 aliphatic carbocycles. The number of anilines is 1. The smallest absolute Gasteiger partial charge is 0.328 e. The lowest BCUT2D eigenvalue weighted by atomic mass is 9.99. The number of hydrogen-bond donors (Lipinski definition) is 1. The van der Waals surface area contributed by atoms with Gasteiger partial charge in [0.2, 0.25) is 0 Å². The molecule has 28 heavy (non-hydrogen) atoms.